The van der Waals surface area contributed by atoms with Crippen molar-refractivity contribution in [3.8, 4) is 0 Å². The molecule has 0 spiro atoms. The SMILES string of the molecule is CCNC(=O)c1ccc(Nc2ncc(F)c(N3CC4CCC(C3)N4C(=O)C(F)(F)F)n2)cc1C. The normalized spacial score (nSPS) is 19.8. The molecule has 1 aromatic heterocycles. The molecular weight excluding hydrogens is 456 g/mol. The van der Waals surface area contributed by atoms with Crippen molar-refractivity contribution >= 4 is 29.3 Å². The zero-order valence-electron chi connectivity index (χ0n) is 18.6. The number of piperazine rings is 1. The molecule has 0 radical (unpaired) electrons. The van der Waals surface area contributed by atoms with Crippen LogP contribution in [-0.4, -0.2) is 64.6 Å². The van der Waals surface area contributed by atoms with Crippen LogP contribution >= 0.6 is 0 Å². The Kier molecular flexibility index (Phi) is 6.32. The Morgan fingerprint density at radius 3 is 2.44 bits per heavy atom. The molecule has 3 heterocycles. The third-order valence-corrected chi connectivity index (χ3v) is 6.05. The van der Waals surface area contributed by atoms with Gasteiger partial charge in [-0.3, -0.25) is 9.59 Å². The minimum absolute atomic E-state index is 0.0378. The molecule has 0 aliphatic carbocycles. The van der Waals surface area contributed by atoms with Crippen molar-refractivity contribution in [3.63, 3.8) is 0 Å². The molecular formula is C22H24F4N6O2. The van der Waals surface area contributed by atoms with Crippen LogP contribution in [0.5, 0.6) is 0 Å². The number of amides is 2. The lowest BCUT2D eigenvalue weighted by Gasteiger charge is -2.41. The second kappa shape index (κ2) is 9.07. The summed E-state index contributed by atoms with van der Waals surface area (Å²) in [5, 5.41) is 5.71. The summed E-state index contributed by atoms with van der Waals surface area (Å²) in [6.07, 6.45) is -3.11. The van der Waals surface area contributed by atoms with Gasteiger partial charge in [0.25, 0.3) is 5.91 Å². The van der Waals surface area contributed by atoms with Crippen molar-refractivity contribution in [1.82, 2.24) is 20.2 Å². The molecule has 8 nitrogen and oxygen atoms in total. The van der Waals surface area contributed by atoms with E-state index in [1.807, 2.05) is 6.92 Å². The highest BCUT2D eigenvalue weighted by Gasteiger charge is 2.52. The highest BCUT2D eigenvalue weighted by atomic mass is 19.4. The largest absolute Gasteiger partial charge is 0.471 e. The summed E-state index contributed by atoms with van der Waals surface area (Å²) in [4.78, 5) is 34.6. The van der Waals surface area contributed by atoms with Crippen molar-refractivity contribution in [3.05, 3.63) is 41.3 Å². The van der Waals surface area contributed by atoms with Gasteiger partial charge >= 0.3 is 12.1 Å². The topological polar surface area (TPSA) is 90.5 Å². The van der Waals surface area contributed by atoms with E-state index in [9.17, 15) is 27.2 Å². The van der Waals surface area contributed by atoms with Gasteiger partial charge < -0.3 is 20.4 Å². The van der Waals surface area contributed by atoms with Crippen molar-refractivity contribution in [1.29, 1.82) is 0 Å². The molecule has 1 aromatic carbocycles. The average molecular weight is 480 g/mol. The molecule has 2 amide bonds. The van der Waals surface area contributed by atoms with Crippen molar-refractivity contribution < 1.29 is 27.2 Å². The third kappa shape index (κ3) is 4.62. The number of carbonyl (C=O) groups excluding carboxylic acids is 2. The zero-order chi connectivity index (χ0) is 24.6. The molecule has 34 heavy (non-hydrogen) atoms. The highest BCUT2D eigenvalue weighted by molar-refractivity contribution is 5.96. The summed E-state index contributed by atoms with van der Waals surface area (Å²) < 4.78 is 53.5. The minimum atomic E-state index is -4.94. The number of alkyl halides is 3. The van der Waals surface area contributed by atoms with E-state index in [1.165, 1.54) is 0 Å². The lowest BCUT2D eigenvalue weighted by Crippen LogP contribution is -2.59. The fourth-order valence-corrected chi connectivity index (χ4v) is 4.58. The Hall–Kier alpha value is -3.44. The molecule has 2 saturated heterocycles. The number of hydrogen-bond acceptors (Lipinski definition) is 6. The second-order valence-electron chi connectivity index (χ2n) is 8.38. The second-order valence-corrected chi connectivity index (χ2v) is 8.38. The molecule has 2 aromatic rings. The van der Waals surface area contributed by atoms with Gasteiger partial charge in [0.2, 0.25) is 5.95 Å². The lowest BCUT2D eigenvalue weighted by atomic mass is 10.1. The van der Waals surface area contributed by atoms with E-state index in [4.69, 9.17) is 0 Å². The standard InChI is InChI=1S/C22H24F4N6O2/c1-3-27-19(33)16-7-4-13(8-12(16)2)29-21-28-9-17(23)18(30-21)31-10-14-5-6-15(11-31)32(14)20(34)22(24,25)26/h4,7-9,14-15H,3,5-6,10-11H2,1-2H3,(H,27,33)(H,28,29,30). The number of rotatable bonds is 5. The number of aryl methyl sites for hydroxylation is 1. The summed E-state index contributed by atoms with van der Waals surface area (Å²) in [6.45, 7) is 4.21. The van der Waals surface area contributed by atoms with Crippen molar-refractivity contribution in [2.45, 2.75) is 44.9 Å². The van der Waals surface area contributed by atoms with Crippen LogP contribution in [0.3, 0.4) is 0 Å². The Morgan fingerprint density at radius 1 is 1.18 bits per heavy atom. The van der Waals surface area contributed by atoms with Gasteiger partial charge in [0, 0.05) is 30.9 Å². The Bertz CT molecular complexity index is 1100. The lowest BCUT2D eigenvalue weighted by molar-refractivity contribution is -0.188. The first kappa shape index (κ1) is 23.7. The van der Waals surface area contributed by atoms with Crippen LogP contribution in [0.1, 0.15) is 35.7 Å². The summed E-state index contributed by atoms with van der Waals surface area (Å²) in [6, 6.07) is 3.73. The Labute approximate surface area is 193 Å². The molecule has 4 rings (SSSR count). The number of nitrogens with zero attached hydrogens (tertiary/aromatic N) is 4. The van der Waals surface area contributed by atoms with E-state index in [1.54, 1.807) is 30.0 Å². The number of carbonyl (C=O) groups is 2. The summed E-state index contributed by atoms with van der Waals surface area (Å²) in [7, 11) is 0. The predicted octanol–water partition coefficient (Wildman–Crippen LogP) is 3.16. The van der Waals surface area contributed by atoms with Gasteiger partial charge in [-0.2, -0.15) is 18.2 Å². The van der Waals surface area contributed by atoms with E-state index >= 15 is 0 Å². The molecule has 2 aliphatic rings. The molecule has 2 atom stereocenters. The first-order valence-corrected chi connectivity index (χ1v) is 10.9. The van der Waals surface area contributed by atoms with Crippen LogP contribution in [0.2, 0.25) is 0 Å². The molecule has 0 saturated carbocycles. The number of hydrogen-bond donors (Lipinski definition) is 2. The van der Waals surface area contributed by atoms with E-state index < -0.39 is 30.0 Å². The van der Waals surface area contributed by atoms with Gasteiger partial charge in [0.1, 0.15) is 0 Å². The maximum Gasteiger partial charge on any atom is 0.471 e. The number of benzene rings is 1. The Morgan fingerprint density at radius 2 is 1.85 bits per heavy atom. The van der Waals surface area contributed by atoms with Crippen LogP contribution < -0.4 is 15.5 Å². The number of aromatic nitrogens is 2. The highest BCUT2D eigenvalue weighted by Crippen LogP contribution is 2.36. The van der Waals surface area contributed by atoms with E-state index in [0.29, 0.717) is 30.6 Å². The van der Waals surface area contributed by atoms with Crippen LogP contribution in [0.25, 0.3) is 0 Å². The van der Waals surface area contributed by atoms with Crippen molar-refractivity contribution in [2.75, 3.05) is 29.9 Å². The maximum absolute atomic E-state index is 14.6. The van der Waals surface area contributed by atoms with Crippen LogP contribution in [-0.2, 0) is 4.79 Å². The predicted molar refractivity (Wildman–Crippen MR) is 116 cm³/mol. The molecule has 2 N–H and O–H groups in total. The van der Waals surface area contributed by atoms with Crippen LogP contribution in [0.4, 0.5) is 35.0 Å². The zero-order valence-corrected chi connectivity index (χ0v) is 18.6. The van der Waals surface area contributed by atoms with Crippen LogP contribution in [0.15, 0.2) is 24.4 Å². The monoisotopic (exact) mass is 480 g/mol. The molecule has 2 aliphatic heterocycles. The van der Waals surface area contributed by atoms with Gasteiger partial charge in [-0.15, -0.1) is 0 Å². The van der Waals surface area contributed by atoms with Gasteiger partial charge in [-0.25, -0.2) is 9.37 Å². The molecule has 2 unspecified atom stereocenters. The van der Waals surface area contributed by atoms with Crippen molar-refractivity contribution in [2.24, 2.45) is 0 Å². The summed E-state index contributed by atoms with van der Waals surface area (Å²) in [5.74, 6) is -2.68. The number of fused-ring (bicyclic) bond motifs is 2. The first-order chi connectivity index (χ1) is 16.1. The number of nitrogens with one attached hydrogen (secondary N) is 2. The number of anilines is 3. The minimum Gasteiger partial charge on any atom is -0.352 e. The van der Waals surface area contributed by atoms with Gasteiger partial charge in [-0.1, -0.05) is 0 Å². The molecule has 2 fully saturated rings. The summed E-state index contributed by atoms with van der Waals surface area (Å²) in [5.41, 5.74) is 1.83. The van der Waals surface area contributed by atoms with Gasteiger partial charge in [0.15, 0.2) is 11.6 Å². The van der Waals surface area contributed by atoms with Gasteiger partial charge in [0.05, 0.1) is 18.3 Å². The van der Waals surface area contributed by atoms with E-state index in [2.05, 4.69) is 20.6 Å². The maximum atomic E-state index is 14.6. The van der Waals surface area contributed by atoms with Crippen LogP contribution in [0, 0.1) is 12.7 Å². The fourth-order valence-electron chi connectivity index (χ4n) is 4.58. The van der Waals surface area contributed by atoms with E-state index in [-0.39, 0.29) is 30.8 Å². The smallest absolute Gasteiger partial charge is 0.352 e. The quantitative estimate of drug-likeness (QED) is 0.639. The molecule has 12 heteroatoms. The molecule has 2 bridgehead atoms. The fraction of sp³-hybridized carbons (Fsp3) is 0.455. The third-order valence-electron chi connectivity index (χ3n) is 6.05. The first-order valence-electron chi connectivity index (χ1n) is 10.9. The molecule has 182 valence electrons. The average Bonchev–Trinajstić information content (AvgIpc) is 3.02. The van der Waals surface area contributed by atoms with Gasteiger partial charge in [-0.05, 0) is 50.5 Å². The van der Waals surface area contributed by atoms with E-state index in [0.717, 1.165) is 16.7 Å². The number of halogens is 4. The summed E-state index contributed by atoms with van der Waals surface area (Å²) >= 11 is 0. The Balaban J connectivity index is 1.51.